The lowest BCUT2D eigenvalue weighted by atomic mass is 10.1. The van der Waals surface area contributed by atoms with Crippen molar-refractivity contribution in [3.05, 3.63) is 46.2 Å². The molecule has 1 aromatic carbocycles. The van der Waals surface area contributed by atoms with Gasteiger partial charge in [-0.15, -0.1) is 0 Å². The molecule has 1 amide bonds. The van der Waals surface area contributed by atoms with E-state index in [1.54, 1.807) is 36.0 Å². The third-order valence-electron chi connectivity index (χ3n) is 3.40. The lowest BCUT2D eigenvalue weighted by molar-refractivity contribution is -0.142. The van der Waals surface area contributed by atoms with E-state index in [0.29, 0.717) is 23.1 Å². The summed E-state index contributed by atoms with van der Waals surface area (Å²) in [5.41, 5.74) is 0.443. The third-order valence-corrected chi connectivity index (χ3v) is 4.04. The number of hydrogen-bond donors (Lipinski definition) is 2. The Morgan fingerprint density at radius 2 is 2.09 bits per heavy atom. The summed E-state index contributed by atoms with van der Waals surface area (Å²) in [6, 6.07) is 7.52. The highest BCUT2D eigenvalue weighted by atomic mass is 32.2. The molecule has 2 aromatic rings. The van der Waals surface area contributed by atoms with Gasteiger partial charge in [-0.05, 0) is 24.5 Å². The predicted octanol–water partition coefficient (Wildman–Crippen LogP) is 1.55. The van der Waals surface area contributed by atoms with Gasteiger partial charge in [-0.2, -0.15) is 11.8 Å². The molecule has 0 saturated heterocycles. The van der Waals surface area contributed by atoms with Gasteiger partial charge in [0.2, 0.25) is 5.56 Å². The summed E-state index contributed by atoms with van der Waals surface area (Å²) in [7, 11) is 1.28. The van der Waals surface area contributed by atoms with Crippen LogP contribution in [0.5, 0.6) is 0 Å². The monoisotopic (exact) mass is 334 g/mol. The summed E-state index contributed by atoms with van der Waals surface area (Å²) >= 11 is 1.57. The predicted molar refractivity (Wildman–Crippen MR) is 90.8 cm³/mol. The third kappa shape index (κ3) is 4.13. The molecule has 23 heavy (non-hydrogen) atoms. The van der Waals surface area contributed by atoms with Crippen LogP contribution in [0, 0.1) is 0 Å². The number of esters is 1. The molecule has 1 atom stereocenters. The fraction of sp³-hybridized carbons (Fsp3) is 0.312. The first-order chi connectivity index (χ1) is 11.1. The van der Waals surface area contributed by atoms with Crippen molar-refractivity contribution in [1.82, 2.24) is 10.3 Å². The van der Waals surface area contributed by atoms with Crippen LogP contribution in [-0.2, 0) is 9.53 Å². The average Bonchev–Trinajstić information content (AvgIpc) is 2.56. The van der Waals surface area contributed by atoms with Gasteiger partial charge < -0.3 is 15.0 Å². The number of thioether (sulfide) groups is 1. The zero-order valence-electron chi connectivity index (χ0n) is 12.9. The molecule has 0 aliphatic carbocycles. The van der Waals surface area contributed by atoms with E-state index in [1.807, 2.05) is 6.26 Å². The maximum Gasteiger partial charge on any atom is 0.328 e. The second-order valence-corrected chi connectivity index (χ2v) is 5.91. The van der Waals surface area contributed by atoms with E-state index in [2.05, 4.69) is 10.3 Å². The molecular weight excluding hydrogens is 316 g/mol. The van der Waals surface area contributed by atoms with Gasteiger partial charge >= 0.3 is 5.97 Å². The van der Waals surface area contributed by atoms with Gasteiger partial charge in [-0.25, -0.2) is 4.79 Å². The highest BCUT2D eigenvalue weighted by Gasteiger charge is 2.22. The Labute approximate surface area is 137 Å². The summed E-state index contributed by atoms with van der Waals surface area (Å²) in [4.78, 5) is 38.7. The van der Waals surface area contributed by atoms with E-state index in [9.17, 15) is 14.4 Å². The minimum atomic E-state index is -0.738. The number of nitrogens with one attached hydrogen (secondary N) is 2. The van der Waals surface area contributed by atoms with Crippen molar-refractivity contribution in [3.8, 4) is 0 Å². The van der Waals surface area contributed by atoms with Crippen LogP contribution in [0.2, 0.25) is 0 Å². The van der Waals surface area contributed by atoms with E-state index in [0.717, 1.165) is 0 Å². The van der Waals surface area contributed by atoms with Crippen LogP contribution in [0.1, 0.15) is 16.8 Å². The molecule has 122 valence electrons. The Morgan fingerprint density at radius 1 is 1.35 bits per heavy atom. The van der Waals surface area contributed by atoms with E-state index in [-0.39, 0.29) is 11.1 Å². The lowest BCUT2D eigenvalue weighted by Gasteiger charge is -2.16. The van der Waals surface area contributed by atoms with Crippen molar-refractivity contribution in [1.29, 1.82) is 0 Å². The molecule has 6 nitrogen and oxygen atoms in total. The van der Waals surface area contributed by atoms with Crippen molar-refractivity contribution in [2.24, 2.45) is 0 Å². The van der Waals surface area contributed by atoms with Crippen LogP contribution in [0.3, 0.4) is 0 Å². The number of amides is 1. The number of carbonyl (C=O) groups is 2. The number of hydrogen-bond acceptors (Lipinski definition) is 5. The fourth-order valence-electron chi connectivity index (χ4n) is 2.26. The molecule has 0 saturated carbocycles. The summed E-state index contributed by atoms with van der Waals surface area (Å²) in [5, 5.41) is 3.28. The number of pyridine rings is 1. The quantitative estimate of drug-likeness (QED) is 0.783. The smallest absolute Gasteiger partial charge is 0.328 e. The Hall–Kier alpha value is -2.28. The van der Waals surface area contributed by atoms with Crippen LogP contribution >= 0.6 is 11.8 Å². The summed E-state index contributed by atoms with van der Waals surface area (Å²) in [5.74, 6) is -0.263. The zero-order chi connectivity index (χ0) is 16.8. The van der Waals surface area contributed by atoms with Crippen LogP contribution in [0.25, 0.3) is 10.9 Å². The van der Waals surface area contributed by atoms with Gasteiger partial charge in [0.15, 0.2) is 0 Å². The van der Waals surface area contributed by atoms with E-state index < -0.39 is 17.9 Å². The van der Waals surface area contributed by atoms with E-state index in [4.69, 9.17) is 4.74 Å². The van der Waals surface area contributed by atoms with Gasteiger partial charge in [0.1, 0.15) is 6.04 Å². The number of ether oxygens (including phenoxy) is 1. The number of para-hydroxylation sites is 1. The van der Waals surface area contributed by atoms with Crippen molar-refractivity contribution in [3.63, 3.8) is 0 Å². The van der Waals surface area contributed by atoms with Crippen molar-refractivity contribution < 1.29 is 14.3 Å². The minimum Gasteiger partial charge on any atom is -0.467 e. The number of benzene rings is 1. The van der Waals surface area contributed by atoms with Crippen LogP contribution in [0.15, 0.2) is 35.1 Å². The first kappa shape index (κ1) is 17.1. The molecule has 0 radical (unpaired) electrons. The molecule has 0 aliphatic heterocycles. The molecule has 0 aliphatic rings. The Kier molecular flexibility index (Phi) is 5.81. The Balaban J connectivity index is 2.32. The number of rotatable bonds is 6. The van der Waals surface area contributed by atoms with Gasteiger partial charge in [0.05, 0.1) is 12.7 Å². The van der Waals surface area contributed by atoms with Gasteiger partial charge in [-0.3, -0.25) is 9.59 Å². The second kappa shape index (κ2) is 7.82. The molecule has 1 aromatic heterocycles. The van der Waals surface area contributed by atoms with Crippen molar-refractivity contribution in [2.45, 2.75) is 12.5 Å². The fourth-order valence-corrected chi connectivity index (χ4v) is 2.73. The van der Waals surface area contributed by atoms with Crippen LogP contribution in [-0.4, -0.2) is 42.0 Å². The van der Waals surface area contributed by atoms with Gasteiger partial charge in [0.25, 0.3) is 5.91 Å². The first-order valence-electron chi connectivity index (χ1n) is 7.06. The summed E-state index contributed by atoms with van der Waals surface area (Å²) < 4.78 is 4.73. The normalized spacial score (nSPS) is 11.9. The minimum absolute atomic E-state index is 0.238. The Morgan fingerprint density at radius 3 is 2.78 bits per heavy atom. The number of H-pyrrole nitrogens is 1. The molecular formula is C16H18N2O4S. The Bertz CT molecular complexity index is 772. The maximum absolute atomic E-state index is 12.5. The summed E-state index contributed by atoms with van der Waals surface area (Å²) in [6.45, 7) is 0. The van der Waals surface area contributed by atoms with Gasteiger partial charge in [0, 0.05) is 17.0 Å². The van der Waals surface area contributed by atoms with Gasteiger partial charge in [-0.1, -0.05) is 18.2 Å². The van der Waals surface area contributed by atoms with Crippen LogP contribution < -0.4 is 10.9 Å². The highest BCUT2D eigenvalue weighted by Crippen LogP contribution is 2.15. The SMILES string of the molecule is COC(=O)[C@H](CCSC)NC(=O)c1cc(=O)[nH]c2ccccc12. The number of fused-ring (bicyclic) bond motifs is 1. The van der Waals surface area contributed by atoms with Crippen molar-refractivity contribution >= 4 is 34.5 Å². The maximum atomic E-state index is 12.5. The summed E-state index contributed by atoms with van der Waals surface area (Å²) in [6.07, 6.45) is 2.38. The molecule has 1 heterocycles. The molecule has 0 fully saturated rings. The topological polar surface area (TPSA) is 88.3 Å². The zero-order valence-corrected chi connectivity index (χ0v) is 13.7. The molecule has 0 unspecified atom stereocenters. The highest BCUT2D eigenvalue weighted by molar-refractivity contribution is 7.98. The van der Waals surface area contributed by atoms with E-state index in [1.165, 1.54) is 13.2 Å². The molecule has 2 rings (SSSR count). The first-order valence-corrected chi connectivity index (χ1v) is 8.46. The molecule has 2 N–H and O–H groups in total. The molecule has 0 bridgehead atoms. The van der Waals surface area contributed by atoms with Crippen LogP contribution in [0.4, 0.5) is 0 Å². The van der Waals surface area contributed by atoms with E-state index >= 15 is 0 Å². The second-order valence-electron chi connectivity index (χ2n) is 4.92. The molecule has 0 spiro atoms. The number of methoxy groups -OCH3 is 1. The number of aromatic amines is 1. The number of carbonyl (C=O) groups excluding carboxylic acids is 2. The largest absolute Gasteiger partial charge is 0.467 e. The molecule has 7 heteroatoms. The van der Waals surface area contributed by atoms with Crippen molar-refractivity contribution in [2.75, 3.05) is 19.1 Å². The number of aromatic nitrogens is 1. The average molecular weight is 334 g/mol. The lowest BCUT2D eigenvalue weighted by Crippen LogP contribution is -2.42. The standard InChI is InChI=1S/C16H18N2O4S/c1-22-16(21)13(7-8-23-2)18-15(20)11-9-14(19)17-12-6-4-3-5-10(11)12/h3-6,9,13H,7-8H2,1-2H3,(H,17,19)(H,18,20)/t13-/m0/s1.